The fraction of sp³-hybridized carbons (Fsp3) is 0.278. The lowest BCUT2D eigenvalue weighted by Gasteiger charge is -2.31. The molecule has 0 saturated carbocycles. The molecule has 0 saturated heterocycles. The molecule has 2 rings (SSSR count). The first-order chi connectivity index (χ1) is 8.77. The zero-order valence-electron chi connectivity index (χ0n) is 11.1. The fourth-order valence-electron chi connectivity index (χ4n) is 2.45. The molecule has 0 fully saturated rings. The molecule has 0 aliphatic rings. The maximum absolute atomic E-state index is 4.55. The van der Waals surface area contributed by atoms with Crippen molar-refractivity contribution in [3.63, 3.8) is 0 Å². The maximum atomic E-state index is 4.55. The second-order valence-corrected chi connectivity index (χ2v) is 4.92. The Labute approximate surface area is 111 Å². The van der Waals surface area contributed by atoms with Gasteiger partial charge in [-0.05, 0) is 24.5 Å². The average Bonchev–Trinajstić information content (AvgIpc) is 2.46. The van der Waals surface area contributed by atoms with Crippen molar-refractivity contribution < 1.29 is 0 Å². The lowest BCUT2D eigenvalue weighted by atomic mass is 9.73. The molecule has 2 aromatic rings. The number of hydrogen-bond acceptors (Lipinski definition) is 0. The van der Waals surface area contributed by atoms with Crippen molar-refractivity contribution in [2.75, 3.05) is 0 Å². The zero-order chi connectivity index (χ0) is 12.8. The Kier molecular flexibility index (Phi) is 4.19. The SMILES string of the molecule is [CH2]C(CCCC)(c1ccccc1)c1ccccc1. The van der Waals surface area contributed by atoms with Crippen molar-refractivity contribution in [1.29, 1.82) is 0 Å². The van der Waals surface area contributed by atoms with E-state index < -0.39 is 0 Å². The predicted molar refractivity (Wildman–Crippen MR) is 78.5 cm³/mol. The number of hydrogen-bond donors (Lipinski definition) is 0. The Morgan fingerprint density at radius 2 is 1.28 bits per heavy atom. The summed E-state index contributed by atoms with van der Waals surface area (Å²) in [5.74, 6) is 0. The highest BCUT2D eigenvalue weighted by Crippen LogP contribution is 2.36. The lowest BCUT2D eigenvalue weighted by Crippen LogP contribution is -2.23. The third-order valence-corrected chi connectivity index (χ3v) is 3.61. The van der Waals surface area contributed by atoms with Crippen LogP contribution in [-0.2, 0) is 5.41 Å². The zero-order valence-corrected chi connectivity index (χ0v) is 11.1. The second-order valence-electron chi connectivity index (χ2n) is 4.92. The third-order valence-electron chi connectivity index (χ3n) is 3.61. The maximum Gasteiger partial charge on any atom is 0.0203 e. The van der Waals surface area contributed by atoms with Gasteiger partial charge in [0.1, 0.15) is 0 Å². The first kappa shape index (κ1) is 12.9. The van der Waals surface area contributed by atoms with Gasteiger partial charge in [0.25, 0.3) is 0 Å². The summed E-state index contributed by atoms with van der Waals surface area (Å²) in [4.78, 5) is 0. The Morgan fingerprint density at radius 1 is 0.833 bits per heavy atom. The van der Waals surface area contributed by atoms with Crippen molar-refractivity contribution in [3.8, 4) is 0 Å². The molecule has 0 N–H and O–H groups in total. The second kappa shape index (κ2) is 5.86. The molecule has 2 aromatic carbocycles. The van der Waals surface area contributed by atoms with Crippen LogP contribution in [0.15, 0.2) is 60.7 Å². The van der Waals surface area contributed by atoms with Gasteiger partial charge in [0.2, 0.25) is 0 Å². The van der Waals surface area contributed by atoms with Crippen molar-refractivity contribution >= 4 is 0 Å². The highest BCUT2D eigenvalue weighted by Gasteiger charge is 2.27. The van der Waals surface area contributed by atoms with Crippen LogP contribution >= 0.6 is 0 Å². The molecule has 0 unspecified atom stereocenters. The van der Waals surface area contributed by atoms with E-state index in [1.54, 1.807) is 0 Å². The van der Waals surface area contributed by atoms with Gasteiger partial charge in [-0.15, -0.1) is 0 Å². The van der Waals surface area contributed by atoms with Crippen LogP contribution in [0, 0.1) is 6.92 Å². The van der Waals surface area contributed by atoms with Crippen LogP contribution in [0.3, 0.4) is 0 Å². The van der Waals surface area contributed by atoms with Crippen molar-refractivity contribution in [3.05, 3.63) is 78.7 Å². The molecule has 0 spiro atoms. The van der Waals surface area contributed by atoms with Gasteiger partial charge in [0.15, 0.2) is 0 Å². The van der Waals surface area contributed by atoms with Gasteiger partial charge in [-0.3, -0.25) is 0 Å². The van der Waals surface area contributed by atoms with Crippen LogP contribution in [0.1, 0.15) is 37.3 Å². The summed E-state index contributed by atoms with van der Waals surface area (Å²) in [5, 5.41) is 0. The summed E-state index contributed by atoms with van der Waals surface area (Å²) in [7, 11) is 0. The van der Waals surface area contributed by atoms with E-state index in [0.717, 1.165) is 6.42 Å². The van der Waals surface area contributed by atoms with E-state index in [9.17, 15) is 0 Å². The summed E-state index contributed by atoms with van der Waals surface area (Å²) in [6, 6.07) is 21.3. The van der Waals surface area contributed by atoms with Crippen LogP contribution in [0.2, 0.25) is 0 Å². The summed E-state index contributed by atoms with van der Waals surface area (Å²) in [5.41, 5.74) is 2.51. The Hall–Kier alpha value is -1.56. The van der Waals surface area contributed by atoms with Crippen molar-refractivity contribution in [2.24, 2.45) is 0 Å². The molecule has 0 heteroatoms. The third kappa shape index (κ3) is 2.64. The molecule has 0 aliphatic heterocycles. The molecule has 0 aromatic heterocycles. The Balaban J connectivity index is 2.41. The van der Waals surface area contributed by atoms with E-state index in [4.69, 9.17) is 0 Å². The summed E-state index contributed by atoms with van der Waals surface area (Å²) in [6.45, 7) is 6.78. The van der Waals surface area contributed by atoms with E-state index in [2.05, 4.69) is 74.5 Å². The predicted octanol–water partition coefficient (Wildman–Crippen LogP) is 5.00. The van der Waals surface area contributed by atoms with Gasteiger partial charge >= 0.3 is 0 Å². The van der Waals surface area contributed by atoms with Crippen LogP contribution in [0.4, 0.5) is 0 Å². The standard InChI is InChI=1S/C18H21/c1-3-4-15-18(2,16-11-7-5-8-12-16)17-13-9-6-10-14-17/h5-14H,2-4,15H2,1H3. The molecule has 0 aliphatic carbocycles. The number of unbranched alkanes of at least 4 members (excludes halogenated alkanes) is 1. The largest absolute Gasteiger partial charge is 0.0654 e. The van der Waals surface area contributed by atoms with Gasteiger partial charge in [-0.1, -0.05) is 80.4 Å². The van der Waals surface area contributed by atoms with Gasteiger partial charge in [0, 0.05) is 5.41 Å². The van der Waals surface area contributed by atoms with Crippen LogP contribution in [0.5, 0.6) is 0 Å². The molecule has 0 amide bonds. The Morgan fingerprint density at radius 3 is 1.67 bits per heavy atom. The minimum absolute atomic E-state index is 0.113. The van der Waals surface area contributed by atoms with E-state index in [1.165, 1.54) is 24.0 Å². The number of benzene rings is 2. The molecule has 1 radical (unpaired) electrons. The van der Waals surface area contributed by atoms with Gasteiger partial charge in [-0.2, -0.15) is 0 Å². The van der Waals surface area contributed by atoms with E-state index in [1.807, 2.05) is 0 Å². The quantitative estimate of drug-likeness (QED) is 0.686. The average molecular weight is 237 g/mol. The van der Waals surface area contributed by atoms with Crippen LogP contribution < -0.4 is 0 Å². The van der Waals surface area contributed by atoms with E-state index >= 15 is 0 Å². The summed E-state index contributed by atoms with van der Waals surface area (Å²) >= 11 is 0. The molecule has 18 heavy (non-hydrogen) atoms. The normalized spacial score (nSPS) is 11.4. The fourth-order valence-corrected chi connectivity index (χ4v) is 2.45. The molecule has 0 nitrogen and oxygen atoms in total. The van der Waals surface area contributed by atoms with E-state index in [0.29, 0.717) is 0 Å². The monoisotopic (exact) mass is 237 g/mol. The topological polar surface area (TPSA) is 0 Å². The molecular weight excluding hydrogens is 216 g/mol. The van der Waals surface area contributed by atoms with Crippen molar-refractivity contribution in [1.82, 2.24) is 0 Å². The van der Waals surface area contributed by atoms with Crippen molar-refractivity contribution in [2.45, 2.75) is 31.6 Å². The minimum atomic E-state index is -0.113. The highest BCUT2D eigenvalue weighted by molar-refractivity contribution is 5.40. The van der Waals surface area contributed by atoms with E-state index in [-0.39, 0.29) is 5.41 Å². The molecule has 93 valence electrons. The molecule has 0 bridgehead atoms. The summed E-state index contributed by atoms with van der Waals surface area (Å²) in [6.07, 6.45) is 3.50. The van der Waals surface area contributed by atoms with Gasteiger partial charge in [-0.25, -0.2) is 0 Å². The summed E-state index contributed by atoms with van der Waals surface area (Å²) < 4.78 is 0. The lowest BCUT2D eigenvalue weighted by molar-refractivity contribution is 0.541. The minimum Gasteiger partial charge on any atom is -0.0654 e. The Bertz CT molecular complexity index is 416. The van der Waals surface area contributed by atoms with Crippen LogP contribution in [0.25, 0.3) is 0 Å². The van der Waals surface area contributed by atoms with Crippen LogP contribution in [-0.4, -0.2) is 0 Å². The molecular formula is C18H21. The molecule has 0 atom stereocenters. The molecule has 0 heterocycles. The smallest absolute Gasteiger partial charge is 0.0203 e. The van der Waals surface area contributed by atoms with Gasteiger partial charge < -0.3 is 0 Å². The first-order valence-electron chi connectivity index (χ1n) is 6.74. The highest BCUT2D eigenvalue weighted by atomic mass is 14.3. The first-order valence-corrected chi connectivity index (χ1v) is 6.74. The number of rotatable bonds is 5. The van der Waals surface area contributed by atoms with Gasteiger partial charge in [0.05, 0.1) is 0 Å².